The van der Waals surface area contributed by atoms with E-state index in [4.69, 9.17) is 4.98 Å². The molecular weight excluding hydrogens is 316 g/mol. The molecule has 0 spiro atoms. The molecule has 2 aromatic heterocycles. The van der Waals surface area contributed by atoms with Crippen LogP contribution >= 0.6 is 0 Å². The van der Waals surface area contributed by atoms with Crippen LogP contribution in [0.3, 0.4) is 0 Å². The summed E-state index contributed by atoms with van der Waals surface area (Å²) < 4.78 is 1.51. The first kappa shape index (κ1) is 15.6. The Labute approximate surface area is 145 Å². The van der Waals surface area contributed by atoms with Gasteiger partial charge in [-0.3, -0.25) is 14.7 Å². The molecule has 128 valence electrons. The van der Waals surface area contributed by atoms with Crippen molar-refractivity contribution < 1.29 is 4.79 Å². The largest absolute Gasteiger partial charge is 0.345 e. The van der Waals surface area contributed by atoms with Gasteiger partial charge in [-0.25, -0.2) is 9.50 Å². The summed E-state index contributed by atoms with van der Waals surface area (Å²) in [5.41, 5.74) is 4.15. The van der Waals surface area contributed by atoms with Crippen molar-refractivity contribution in [3.8, 4) is 11.1 Å². The molecule has 1 amide bonds. The van der Waals surface area contributed by atoms with E-state index in [9.17, 15) is 9.59 Å². The van der Waals surface area contributed by atoms with E-state index in [0.29, 0.717) is 24.3 Å². The summed E-state index contributed by atoms with van der Waals surface area (Å²) in [5, 5.41) is 3.18. The van der Waals surface area contributed by atoms with Crippen LogP contribution in [0.4, 0.5) is 0 Å². The summed E-state index contributed by atoms with van der Waals surface area (Å²) in [6.45, 7) is 2.65. The minimum absolute atomic E-state index is 0.0289. The average molecular weight is 336 g/mol. The fourth-order valence-corrected chi connectivity index (χ4v) is 3.54. The highest BCUT2D eigenvalue weighted by Crippen LogP contribution is 2.30. The Morgan fingerprint density at radius 1 is 1.24 bits per heavy atom. The highest BCUT2D eigenvalue weighted by Gasteiger charge is 2.30. The van der Waals surface area contributed by atoms with Gasteiger partial charge in [-0.15, -0.1) is 0 Å². The van der Waals surface area contributed by atoms with E-state index in [-0.39, 0.29) is 17.4 Å². The highest BCUT2D eigenvalue weighted by atomic mass is 16.2. The zero-order chi connectivity index (χ0) is 17.6. The van der Waals surface area contributed by atoms with Gasteiger partial charge < -0.3 is 4.90 Å². The zero-order valence-corrected chi connectivity index (χ0v) is 14.3. The molecule has 0 aliphatic carbocycles. The number of carbonyl (C=O) groups excluding carboxylic acids is 1. The predicted octanol–water partition coefficient (Wildman–Crippen LogP) is 2.20. The maximum Gasteiger partial charge on any atom is 0.272 e. The van der Waals surface area contributed by atoms with Gasteiger partial charge in [0.05, 0.1) is 5.69 Å². The summed E-state index contributed by atoms with van der Waals surface area (Å²) in [6, 6.07) is 11.5. The second-order valence-corrected chi connectivity index (χ2v) is 6.54. The lowest BCUT2D eigenvalue weighted by Crippen LogP contribution is -2.20. The number of hydrogen-bond acceptors (Lipinski definition) is 3. The van der Waals surface area contributed by atoms with Crippen molar-refractivity contribution in [2.45, 2.75) is 25.7 Å². The van der Waals surface area contributed by atoms with Crippen LogP contribution < -0.4 is 5.56 Å². The van der Waals surface area contributed by atoms with Gasteiger partial charge in [0, 0.05) is 43.3 Å². The second kappa shape index (κ2) is 5.88. The summed E-state index contributed by atoms with van der Waals surface area (Å²) in [5.74, 6) is 0.0670. The topological polar surface area (TPSA) is 70.5 Å². The third kappa shape index (κ3) is 2.54. The van der Waals surface area contributed by atoms with Gasteiger partial charge in [0.1, 0.15) is 0 Å². The van der Waals surface area contributed by atoms with Crippen LogP contribution in [0.15, 0.2) is 41.2 Å². The first-order valence-electron chi connectivity index (χ1n) is 8.52. The molecule has 4 rings (SSSR count). The molecule has 1 saturated heterocycles. The van der Waals surface area contributed by atoms with Crippen LogP contribution in [-0.2, 0) is 11.2 Å². The number of nitrogens with zero attached hydrogens (tertiary/aromatic N) is 3. The Morgan fingerprint density at radius 2 is 2.00 bits per heavy atom. The number of aryl methyl sites for hydroxylation is 1. The number of rotatable bonds is 3. The molecule has 1 aliphatic heterocycles. The summed E-state index contributed by atoms with van der Waals surface area (Å²) in [6.07, 6.45) is 1.18. The number of hydrogen-bond donors (Lipinski definition) is 1. The second-order valence-electron chi connectivity index (χ2n) is 6.54. The molecule has 1 fully saturated rings. The van der Waals surface area contributed by atoms with Crippen molar-refractivity contribution in [2.24, 2.45) is 0 Å². The van der Waals surface area contributed by atoms with Gasteiger partial charge in [-0.1, -0.05) is 37.3 Å². The maximum absolute atomic E-state index is 12.6. The third-order valence-corrected chi connectivity index (χ3v) is 4.89. The van der Waals surface area contributed by atoms with E-state index in [1.807, 2.05) is 37.3 Å². The molecule has 1 unspecified atom stereocenters. The van der Waals surface area contributed by atoms with E-state index in [1.54, 1.807) is 18.0 Å². The Morgan fingerprint density at radius 3 is 2.64 bits per heavy atom. The van der Waals surface area contributed by atoms with Crippen LogP contribution in [0.25, 0.3) is 16.8 Å². The summed E-state index contributed by atoms with van der Waals surface area (Å²) >= 11 is 0. The van der Waals surface area contributed by atoms with Crippen LogP contribution in [-0.4, -0.2) is 39.0 Å². The number of aromatic nitrogens is 3. The van der Waals surface area contributed by atoms with Crippen LogP contribution in [0.1, 0.15) is 30.7 Å². The number of H-pyrrole nitrogens is 1. The number of benzene rings is 1. The fraction of sp³-hybridized carbons (Fsp3) is 0.316. The number of amides is 1. The number of carbonyl (C=O) groups is 1. The number of fused-ring (bicyclic) bond motifs is 1. The molecule has 25 heavy (non-hydrogen) atoms. The molecule has 1 atom stereocenters. The quantitative estimate of drug-likeness (QED) is 0.797. The molecule has 1 aromatic carbocycles. The molecule has 3 aromatic rings. The normalized spacial score (nSPS) is 17.6. The monoisotopic (exact) mass is 336 g/mol. The number of aromatic amines is 1. The maximum atomic E-state index is 12.6. The van der Waals surface area contributed by atoms with Crippen molar-refractivity contribution in [1.82, 2.24) is 19.5 Å². The molecule has 6 nitrogen and oxygen atoms in total. The van der Waals surface area contributed by atoms with Crippen LogP contribution in [0.2, 0.25) is 0 Å². The van der Waals surface area contributed by atoms with Gasteiger partial charge in [0.15, 0.2) is 5.65 Å². The number of nitrogens with one attached hydrogen (secondary N) is 1. The fourth-order valence-electron chi connectivity index (χ4n) is 3.54. The van der Waals surface area contributed by atoms with Crippen molar-refractivity contribution in [3.05, 3.63) is 58.1 Å². The Kier molecular flexibility index (Phi) is 3.67. The highest BCUT2D eigenvalue weighted by molar-refractivity contribution is 5.81. The molecule has 0 bridgehead atoms. The molecular formula is C19H20N4O2. The predicted molar refractivity (Wildman–Crippen MR) is 95.6 cm³/mol. The van der Waals surface area contributed by atoms with Gasteiger partial charge in [-0.2, -0.15) is 0 Å². The van der Waals surface area contributed by atoms with Crippen molar-refractivity contribution in [3.63, 3.8) is 0 Å². The van der Waals surface area contributed by atoms with Gasteiger partial charge in [-0.05, 0) is 12.0 Å². The molecule has 0 radical (unpaired) electrons. The lowest BCUT2D eigenvalue weighted by Gasteiger charge is -2.10. The standard InChI is InChI=1S/C19H20N4O2/c1-3-14-18(12-7-5-4-6-8-12)19-20-15(10-17(25)23(19)21-14)13-9-16(24)22(2)11-13/h4-8,10,13,21H,3,9,11H2,1-2H3. The lowest BCUT2D eigenvalue weighted by atomic mass is 10.0. The van der Waals surface area contributed by atoms with Crippen molar-refractivity contribution >= 4 is 11.6 Å². The Balaban J connectivity index is 1.93. The molecule has 1 aliphatic rings. The third-order valence-electron chi connectivity index (χ3n) is 4.89. The van der Waals surface area contributed by atoms with Gasteiger partial charge in [0.2, 0.25) is 5.91 Å². The van der Waals surface area contributed by atoms with E-state index in [1.165, 1.54) is 4.52 Å². The number of likely N-dealkylation sites (tertiary alicyclic amines) is 1. The van der Waals surface area contributed by atoms with Crippen molar-refractivity contribution in [2.75, 3.05) is 13.6 Å². The Bertz CT molecular complexity index is 1000. The number of likely N-dealkylation sites (N-methyl/N-ethyl adjacent to an activating group) is 1. The minimum Gasteiger partial charge on any atom is -0.345 e. The summed E-state index contributed by atoms with van der Waals surface area (Å²) in [4.78, 5) is 31.0. The van der Waals surface area contributed by atoms with Gasteiger partial charge >= 0.3 is 0 Å². The first-order chi connectivity index (χ1) is 12.1. The minimum atomic E-state index is -0.140. The van der Waals surface area contributed by atoms with E-state index in [0.717, 1.165) is 23.2 Å². The van der Waals surface area contributed by atoms with Gasteiger partial charge in [0.25, 0.3) is 5.56 Å². The molecule has 6 heteroatoms. The van der Waals surface area contributed by atoms with E-state index >= 15 is 0 Å². The molecule has 1 N–H and O–H groups in total. The van der Waals surface area contributed by atoms with E-state index < -0.39 is 0 Å². The smallest absolute Gasteiger partial charge is 0.272 e. The van der Waals surface area contributed by atoms with Crippen molar-refractivity contribution in [1.29, 1.82) is 0 Å². The van der Waals surface area contributed by atoms with Crippen LogP contribution in [0, 0.1) is 0 Å². The summed E-state index contributed by atoms with van der Waals surface area (Å²) in [7, 11) is 1.79. The van der Waals surface area contributed by atoms with Crippen LogP contribution in [0.5, 0.6) is 0 Å². The zero-order valence-electron chi connectivity index (χ0n) is 14.3. The molecule has 3 heterocycles. The SMILES string of the molecule is CCc1[nH]n2c(=O)cc(C3CC(=O)N(C)C3)nc2c1-c1ccccc1. The average Bonchev–Trinajstić information content (AvgIpc) is 3.16. The molecule has 0 saturated carbocycles. The first-order valence-corrected chi connectivity index (χ1v) is 8.52. The Hall–Kier alpha value is -2.89. The lowest BCUT2D eigenvalue weighted by molar-refractivity contribution is -0.126. The van der Waals surface area contributed by atoms with E-state index in [2.05, 4.69) is 5.10 Å².